The molecule has 0 aliphatic carbocycles. The molecule has 26 heavy (non-hydrogen) atoms. The van der Waals surface area contributed by atoms with Gasteiger partial charge in [-0.15, -0.1) is 11.3 Å². The molecule has 0 atom stereocenters. The van der Waals surface area contributed by atoms with E-state index in [0.717, 1.165) is 29.3 Å². The lowest BCUT2D eigenvalue weighted by Crippen LogP contribution is -2.26. The molecule has 0 saturated heterocycles. The van der Waals surface area contributed by atoms with Crippen molar-refractivity contribution in [3.63, 3.8) is 0 Å². The SMILES string of the molecule is CN1CCc2c(sc(NC(=O)CCCOc3ccccc3)c2C(=O)O)C1. The molecule has 6 nitrogen and oxygen atoms in total. The number of carbonyl (C=O) groups is 2. The molecule has 1 aromatic carbocycles. The van der Waals surface area contributed by atoms with E-state index in [-0.39, 0.29) is 17.9 Å². The Morgan fingerprint density at radius 3 is 2.81 bits per heavy atom. The van der Waals surface area contributed by atoms with Crippen LogP contribution in [0.2, 0.25) is 0 Å². The number of ether oxygens (including phenoxy) is 1. The average molecular weight is 374 g/mol. The van der Waals surface area contributed by atoms with Crippen LogP contribution in [0.25, 0.3) is 0 Å². The predicted molar refractivity (Wildman–Crippen MR) is 101 cm³/mol. The van der Waals surface area contributed by atoms with E-state index in [1.165, 1.54) is 11.3 Å². The number of benzene rings is 1. The molecule has 0 radical (unpaired) electrons. The number of carbonyl (C=O) groups excluding carboxylic acids is 1. The van der Waals surface area contributed by atoms with Gasteiger partial charge in [0.05, 0.1) is 12.2 Å². The summed E-state index contributed by atoms with van der Waals surface area (Å²) in [5, 5.41) is 12.8. The van der Waals surface area contributed by atoms with Crippen molar-refractivity contribution in [2.75, 3.05) is 25.5 Å². The van der Waals surface area contributed by atoms with Crippen molar-refractivity contribution in [1.82, 2.24) is 4.90 Å². The van der Waals surface area contributed by atoms with Crippen molar-refractivity contribution in [3.8, 4) is 5.75 Å². The maximum absolute atomic E-state index is 12.2. The molecule has 0 unspecified atom stereocenters. The summed E-state index contributed by atoms with van der Waals surface area (Å²) in [6.45, 7) is 1.99. The van der Waals surface area contributed by atoms with Crippen LogP contribution in [-0.4, -0.2) is 42.1 Å². The molecule has 0 bridgehead atoms. The number of aromatic carboxylic acids is 1. The zero-order valence-electron chi connectivity index (χ0n) is 14.7. The van der Waals surface area contributed by atoms with Crippen molar-refractivity contribution in [2.45, 2.75) is 25.8 Å². The molecule has 0 spiro atoms. The monoisotopic (exact) mass is 374 g/mol. The van der Waals surface area contributed by atoms with Gasteiger partial charge in [0.25, 0.3) is 0 Å². The van der Waals surface area contributed by atoms with Crippen molar-refractivity contribution in [2.24, 2.45) is 0 Å². The van der Waals surface area contributed by atoms with Crippen LogP contribution in [-0.2, 0) is 17.8 Å². The van der Waals surface area contributed by atoms with E-state index in [4.69, 9.17) is 4.74 Å². The molecule has 1 aliphatic rings. The van der Waals surface area contributed by atoms with Crippen LogP contribution in [0.5, 0.6) is 5.75 Å². The van der Waals surface area contributed by atoms with Gasteiger partial charge >= 0.3 is 5.97 Å². The van der Waals surface area contributed by atoms with Crippen molar-refractivity contribution >= 4 is 28.2 Å². The average Bonchev–Trinajstić information content (AvgIpc) is 2.96. The summed E-state index contributed by atoms with van der Waals surface area (Å²) >= 11 is 1.37. The van der Waals surface area contributed by atoms with Gasteiger partial charge in [0.2, 0.25) is 5.91 Å². The number of carboxylic acid groups (broad SMARTS) is 1. The number of likely N-dealkylation sites (N-methyl/N-ethyl adjacent to an activating group) is 1. The summed E-state index contributed by atoms with van der Waals surface area (Å²) in [6, 6.07) is 9.44. The first-order valence-electron chi connectivity index (χ1n) is 8.58. The highest BCUT2D eigenvalue weighted by molar-refractivity contribution is 7.17. The first-order chi connectivity index (χ1) is 12.5. The molecular weight excluding hydrogens is 352 g/mol. The largest absolute Gasteiger partial charge is 0.494 e. The van der Waals surface area contributed by atoms with Gasteiger partial charge in [-0.2, -0.15) is 0 Å². The van der Waals surface area contributed by atoms with E-state index >= 15 is 0 Å². The number of rotatable bonds is 7. The van der Waals surface area contributed by atoms with Crippen LogP contribution < -0.4 is 10.1 Å². The summed E-state index contributed by atoms with van der Waals surface area (Å²) in [7, 11) is 2.01. The third kappa shape index (κ3) is 4.42. The van der Waals surface area contributed by atoms with Gasteiger partial charge in [0.15, 0.2) is 0 Å². The van der Waals surface area contributed by atoms with Gasteiger partial charge in [-0.3, -0.25) is 4.79 Å². The number of anilines is 1. The smallest absolute Gasteiger partial charge is 0.339 e. The number of hydrogen-bond donors (Lipinski definition) is 2. The van der Waals surface area contributed by atoms with Gasteiger partial charge in [0, 0.05) is 24.4 Å². The molecule has 7 heteroatoms. The molecule has 1 amide bonds. The second-order valence-corrected chi connectivity index (χ2v) is 7.42. The normalized spacial score (nSPS) is 13.9. The molecule has 2 heterocycles. The van der Waals surface area contributed by atoms with E-state index in [1.54, 1.807) is 0 Å². The fourth-order valence-electron chi connectivity index (χ4n) is 2.97. The number of para-hydroxylation sites is 1. The van der Waals surface area contributed by atoms with Gasteiger partial charge in [0.1, 0.15) is 10.8 Å². The van der Waals surface area contributed by atoms with Crippen molar-refractivity contribution in [3.05, 3.63) is 46.3 Å². The number of thiophene rings is 1. The van der Waals surface area contributed by atoms with E-state index in [0.29, 0.717) is 24.4 Å². The Morgan fingerprint density at radius 1 is 1.31 bits per heavy atom. The number of fused-ring (bicyclic) bond motifs is 1. The van der Waals surface area contributed by atoms with E-state index in [9.17, 15) is 14.7 Å². The minimum Gasteiger partial charge on any atom is -0.494 e. The third-order valence-corrected chi connectivity index (χ3v) is 5.41. The second kappa shape index (κ2) is 8.33. The quantitative estimate of drug-likeness (QED) is 0.728. The Labute approximate surface area is 156 Å². The lowest BCUT2D eigenvalue weighted by atomic mass is 10.0. The second-order valence-electron chi connectivity index (χ2n) is 6.31. The zero-order chi connectivity index (χ0) is 18.5. The number of carboxylic acids is 1. The van der Waals surface area contributed by atoms with Gasteiger partial charge < -0.3 is 20.1 Å². The number of nitrogens with zero attached hydrogens (tertiary/aromatic N) is 1. The Kier molecular flexibility index (Phi) is 5.90. The maximum Gasteiger partial charge on any atom is 0.339 e. The Bertz CT molecular complexity index is 788. The Hall–Kier alpha value is -2.38. The minimum absolute atomic E-state index is 0.184. The van der Waals surface area contributed by atoms with Crippen LogP contribution in [0, 0.1) is 0 Å². The van der Waals surface area contributed by atoms with E-state index in [1.807, 2.05) is 37.4 Å². The van der Waals surface area contributed by atoms with Gasteiger partial charge in [-0.25, -0.2) is 4.79 Å². The van der Waals surface area contributed by atoms with E-state index < -0.39 is 5.97 Å². The van der Waals surface area contributed by atoms with Crippen LogP contribution in [0.15, 0.2) is 30.3 Å². The highest BCUT2D eigenvalue weighted by Gasteiger charge is 2.27. The molecule has 2 N–H and O–H groups in total. The molecule has 1 aliphatic heterocycles. The summed E-state index contributed by atoms with van der Waals surface area (Å²) in [5.74, 6) is -0.387. The summed E-state index contributed by atoms with van der Waals surface area (Å²) in [5.41, 5.74) is 1.12. The van der Waals surface area contributed by atoms with Crippen molar-refractivity contribution < 1.29 is 19.4 Å². The molecule has 1 aromatic heterocycles. The fourth-order valence-corrected chi connectivity index (χ4v) is 4.31. The van der Waals surface area contributed by atoms with Crippen LogP contribution in [0.3, 0.4) is 0 Å². The highest BCUT2D eigenvalue weighted by atomic mass is 32.1. The number of nitrogens with one attached hydrogen (secondary N) is 1. The molecule has 0 saturated carbocycles. The molecule has 0 fully saturated rings. The van der Waals surface area contributed by atoms with Crippen molar-refractivity contribution in [1.29, 1.82) is 0 Å². The summed E-state index contributed by atoms with van der Waals surface area (Å²) in [6.07, 6.45) is 1.55. The zero-order valence-corrected chi connectivity index (χ0v) is 15.5. The first kappa shape index (κ1) is 18.4. The lowest BCUT2D eigenvalue weighted by Gasteiger charge is -2.22. The lowest BCUT2D eigenvalue weighted by molar-refractivity contribution is -0.116. The van der Waals surface area contributed by atoms with E-state index in [2.05, 4.69) is 10.2 Å². The van der Waals surface area contributed by atoms with Crippen LogP contribution in [0.1, 0.15) is 33.6 Å². The number of amides is 1. The maximum atomic E-state index is 12.2. The molecule has 2 aromatic rings. The molecule has 138 valence electrons. The number of hydrogen-bond acceptors (Lipinski definition) is 5. The topological polar surface area (TPSA) is 78.9 Å². The Morgan fingerprint density at radius 2 is 2.08 bits per heavy atom. The van der Waals surface area contributed by atoms with Crippen LogP contribution >= 0.6 is 11.3 Å². The first-order valence-corrected chi connectivity index (χ1v) is 9.40. The summed E-state index contributed by atoms with van der Waals surface area (Å²) < 4.78 is 5.57. The van der Waals surface area contributed by atoms with Crippen LogP contribution in [0.4, 0.5) is 5.00 Å². The third-order valence-electron chi connectivity index (χ3n) is 4.27. The predicted octanol–water partition coefficient (Wildman–Crippen LogP) is 3.23. The molecule has 3 rings (SSSR count). The highest BCUT2D eigenvalue weighted by Crippen LogP contribution is 2.36. The Balaban J connectivity index is 1.56. The van der Waals surface area contributed by atoms with Gasteiger partial charge in [-0.05, 0) is 37.6 Å². The standard InChI is InChI=1S/C19H22N2O4S/c1-21-10-9-14-15(12-21)26-18(17(14)19(23)24)20-16(22)8-5-11-25-13-6-3-2-4-7-13/h2-4,6-7H,5,8-12H2,1H3,(H,20,22)(H,23,24). The minimum atomic E-state index is -0.977. The molecular formula is C19H22N2O4S. The fraction of sp³-hybridized carbons (Fsp3) is 0.368. The van der Waals surface area contributed by atoms with Gasteiger partial charge in [-0.1, -0.05) is 18.2 Å². The summed E-state index contributed by atoms with van der Waals surface area (Å²) in [4.78, 5) is 27.0.